The highest BCUT2D eigenvalue weighted by Crippen LogP contribution is 2.20. The molecule has 7 nitrogen and oxygen atoms in total. The van der Waals surface area contributed by atoms with Crippen molar-refractivity contribution >= 4 is 35.9 Å². The number of carbonyl (C=O) groups excluding carboxylic acids is 1. The monoisotopic (exact) mass is 512 g/mol. The highest BCUT2D eigenvalue weighted by atomic mass is 127. The van der Waals surface area contributed by atoms with Gasteiger partial charge in [0.25, 0.3) is 0 Å². The molecule has 1 saturated heterocycles. The minimum atomic E-state index is -0.144. The third kappa shape index (κ3) is 10.8. The first-order chi connectivity index (χ1) is 13.2. The second-order valence-electron chi connectivity index (χ2n) is 6.97. The van der Waals surface area contributed by atoms with Gasteiger partial charge in [0.1, 0.15) is 0 Å². The average Bonchev–Trinajstić information content (AvgIpc) is 2.71. The van der Waals surface area contributed by atoms with Crippen LogP contribution in [-0.4, -0.2) is 75.9 Å². The lowest BCUT2D eigenvalue weighted by atomic mass is 9.92. The number of guanidine groups is 1. The van der Waals surface area contributed by atoms with Crippen LogP contribution in [0.25, 0.3) is 0 Å². The fourth-order valence-corrected chi connectivity index (χ4v) is 3.53. The third-order valence-electron chi connectivity index (χ3n) is 5.22. The summed E-state index contributed by atoms with van der Waals surface area (Å²) in [6, 6.07) is 0.457. The van der Waals surface area contributed by atoms with Gasteiger partial charge in [-0.15, -0.1) is 24.0 Å². The van der Waals surface area contributed by atoms with E-state index in [4.69, 9.17) is 9.73 Å². The number of esters is 1. The molecule has 2 N–H and O–H groups in total. The predicted octanol–water partition coefficient (Wildman–Crippen LogP) is 2.64. The van der Waals surface area contributed by atoms with Gasteiger partial charge in [-0.1, -0.05) is 26.7 Å². The minimum absolute atomic E-state index is 0. The number of halogens is 1. The second-order valence-corrected chi connectivity index (χ2v) is 6.97. The van der Waals surface area contributed by atoms with Crippen LogP contribution in [0.5, 0.6) is 0 Å². The van der Waals surface area contributed by atoms with Crippen molar-refractivity contribution in [3.63, 3.8) is 0 Å². The van der Waals surface area contributed by atoms with E-state index >= 15 is 0 Å². The zero-order chi connectivity index (χ0) is 19.9. The highest BCUT2D eigenvalue weighted by Gasteiger charge is 2.26. The van der Waals surface area contributed by atoms with Gasteiger partial charge >= 0.3 is 5.97 Å². The molecule has 0 aromatic heterocycles. The molecule has 166 valence electrons. The van der Waals surface area contributed by atoms with E-state index < -0.39 is 0 Å². The molecule has 1 heterocycles. The van der Waals surface area contributed by atoms with Crippen molar-refractivity contribution in [2.45, 2.75) is 58.9 Å². The molecular weight excluding hydrogens is 471 g/mol. The maximum absolute atomic E-state index is 11.2. The van der Waals surface area contributed by atoms with Crippen LogP contribution < -0.4 is 10.6 Å². The molecule has 0 amide bonds. The Labute approximate surface area is 188 Å². The zero-order valence-electron chi connectivity index (χ0n) is 18.2. The van der Waals surface area contributed by atoms with E-state index in [1.807, 2.05) is 0 Å². The van der Waals surface area contributed by atoms with Crippen molar-refractivity contribution in [1.82, 2.24) is 15.5 Å². The average molecular weight is 512 g/mol. The van der Waals surface area contributed by atoms with Crippen molar-refractivity contribution < 1.29 is 14.3 Å². The number of morpholine rings is 1. The van der Waals surface area contributed by atoms with E-state index in [0.29, 0.717) is 18.4 Å². The SMILES string of the molecule is CCNC(=NCC(C(CC)CC)N1CCOCC1)NCCCCC(=O)OC.I. The Hall–Kier alpha value is -0.610. The fraction of sp³-hybridized carbons (Fsp3) is 0.900. The van der Waals surface area contributed by atoms with Gasteiger partial charge in [0.05, 0.1) is 26.9 Å². The number of aliphatic imine (C=N–C) groups is 1. The van der Waals surface area contributed by atoms with E-state index in [1.54, 1.807) is 0 Å². The summed E-state index contributed by atoms with van der Waals surface area (Å²) < 4.78 is 10.2. The molecule has 0 aliphatic carbocycles. The molecule has 0 radical (unpaired) electrons. The molecule has 0 saturated carbocycles. The zero-order valence-corrected chi connectivity index (χ0v) is 20.5. The Balaban J connectivity index is 0.00000729. The van der Waals surface area contributed by atoms with E-state index in [0.717, 1.165) is 64.7 Å². The summed E-state index contributed by atoms with van der Waals surface area (Å²) in [7, 11) is 1.43. The summed E-state index contributed by atoms with van der Waals surface area (Å²) in [5, 5.41) is 6.72. The van der Waals surface area contributed by atoms with E-state index in [-0.39, 0.29) is 29.9 Å². The molecular formula is C20H41IN4O3. The molecule has 8 heteroatoms. The summed E-state index contributed by atoms with van der Waals surface area (Å²) in [6.07, 6.45) is 4.55. The Morgan fingerprint density at radius 1 is 1.14 bits per heavy atom. The van der Waals surface area contributed by atoms with Gasteiger partial charge in [0.2, 0.25) is 0 Å². The standard InChI is InChI=1S/C20H40N4O3.HI/c1-5-17(6-2)18(24-12-14-27-15-13-24)16-23-20(21-7-3)22-11-9-8-10-19(25)26-4;/h17-18H,5-16H2,1-4H3,(H2,21,22,23);1H. The number of nitrogens with one attached hydrogen (secondary N) is 2. The molecule has 1 unspecified atom stereocenters. The summed E-state index contributed by atoms with van der Waals surface area (Å²) in [4.78, 5) is 18.6. The first-order valence-corrected chi connectivity index (χ1v) is 10.6. The Kier molecular flexibility index (Phi) is 16.9. The lowest BCUT2D eigenvalue weighted by Gasteiger charge is -2.38. The molecule has 0 aromatic carbocycles. The number of carbonyl (C=O) groups is 1. The maximum Gasteiger partial charge on any atom is 0.305 e. The smallest absolute Gasteiger partial charge is 0.305 e. The second kappa shape index (κ2) is 17.3. The van der Waals surface area contributed by atoms with Crippen molar-refractivity contribution in [3.05, 3.63) is 0 Å². The van der Waals surface area contributed by atoms with Gasteiger partial charge in [0, 0.05) is 38.6 Å². The van der Waals surface area contributed by atoms with Crippen LogP contribution in [0.1, 0.15) is 52.9 Å². The molecule has 1 rings (SSSR count). The maximum atomic E-state index is 11.2. The van der Waals surface area contributed by atoms with Crippen molar-refractivity contribution in [2.24, 2.45) is 10.9 Å². The van der Waals surface area contributed by atoms with Gasteiger partial charge in [-0.3, -0.25) is 14.7 Å². The normalized spacial score (nSPS) is 16.4. The summed E-state index contributed by atoms with van der Waals surface area (Å²) in [6.45, 7) is 12.7. The Bertz CT molecular complexity index is 428. The number of rotatable bonds is 12. The van der Waals surface area contributed by atoms with Crippen LogP contribution in [0.4, 0.5) is 0 Å². The van der Waals surface area contributed by atoms with Gasteiger partial charge in [-0.05, 0) is 25.7 Å². The first kappa shape index (κ1) is 27.4. The summed E-state index contributed by atoms with van der Waals surface area (Å²) >= 11 is 0. The van der Waals surface area contributed by atoms with Gasteiger partial charge in [-0.2, -0.15) is 0 Å². The minimum Gasteiger partial charge on any atom is -0.469 e. The molecule has 0 bridgehead atoms. The molecule has 1 aliphatic rings. The topological polar surface area (TPSA) is 75.2 Å². The number of hydrogen-bond acceptors (Lipinski definition) is 5. The van der Waals surface area contributed by atoms with Gasteiger partial charge in [0.15, 0.2) is 5.96 Å². The van der Waals surface area contributed by atoms with Gasteiger partial charge in [-0.25, -0.2) is 0 Å². The molecule has 0 aromatic rings. The first-order valence-electron chi connectivity index (χ1n) is 10.6. The Morgan fingerprint density at radius 2 is 1.82 bits per heavy atom. The lowest BCUT2D eigenvalue weighted by Crippen LogP contribution is -2.49. The van der Waals surface area contributed by atoms with Crippen molar-refractivity contribution in [2.75, 3.05) is 53.0 Å². The fourth-order valence-electron chi connectivity index (χ4n) is 3.53. The molecule has 1 aliphatic heterocycles. The van der Waals surface area contributed by atoms with Crippen LogP contribution in [0.3, 0.4) is 0 Å². The quantitative estimate of drug-likeness (QED) is 0.138. The largest absolute Gasteiger partial charge is 0.469 e. The lowest BCUT2D eigenvalue weighted by molar-refractivity contribution is -0.140. The number of ether oxygens (including phenoxy) is 2. The number of unbranched alkanes of at least 4 members (excludes halogenated alkanes) is 1. The number of hydrogen-bond donors (Lipinski definition) is 2. The van der Waals surface area contributed by atoms with Crippen molar-refractivity contribution in [3.8, 4) is 0 Å². The highest BCUT2D eigenvalue weighted by molar-refractivity contribution is 14.0. The van der Waals surface area contributed by atoms with Crippen LogP contribution >= 0.6 is 24.0 Å². The molecule has 0 spiro atoms. The van der Waals surface area contributed by atoms with E-state index in [1.165, 1.54) is 20.0 Å². The summed E-state index contributed by atoms with van der Waals surface area (Å²) in [5.74, 6) is 1.36. The van der Waals surface area contributed by atoms with Crippen LogP contribution in [0, 0.1) is 5.92 Å². The Morgan fingerprint density at radius 3 is 2.39 bits per heavy atom. The third-order valence-corrected chi connectivity index (χ3v) is 5.22. The molecule has 28 heavy (non-hydrogen) atoms. The number of methoxy groups -OCH3 is 1. The predicted molar refractivity (Wildman–Crippen MR) is 126 cm³/mol. The van der Waals surface area contributed by atoms with Crippen LogP contribution in [0.15, 0.2) is 4.99 Å². The summed E-state index contributed by atoms with van der Waals surface area (Å²) in [5.41, 5.74) is 0. The van der Waals surface area contributed by atoms with E-state index in [9.17, 15) is 4.79 Å². The molecule has 1 atom stereocenters. The van der Waals surface area contributed by atoms with Gasteiger partial charge < -0.3 is 20.1 Å². The molecule has 1 fully saturated rings. The van der Waals surface area contributed by atoms with Crippen LogP contribution in [-0.2, 0) is 14.3 Å². The van der Waals surface area contributed by atoms with E-state index in [2.05, 4.69) is 41.0 Å². The van der Waals surface area contributed by atoms with Crippen molar-refractivity contribution in [1.29, 1.82) is 0 Å². The number of nitrogens with zero attached hydrogens (tertiary/aromatic N) is 2. The van der Waals surface area contributed by atoms with Crippen LogP contribution in [0.2, 0.25) is 0 Å².